The topological polar surface area (TPSA) is 95.1 Å². The Morgan fingerprint density at radius 1 is 1.09 bits per heavy atom. The van der Waals surface area contributed by atoms with Crippen LogP contribution in [0.5, 0.6) is 0 Å². The molecule has 0 spiro atoms. The molecule has 0 saturated carbocycles. The molecule has 0 fully saturated rings. The maximum absolute atomic E-state index is 12.1. The van der Waals surface area contributed by atoms with E-state index in [0.717, 1.165) is 58.2 Å². The number of nitrogens with zero attached hydrogens (tertiary/aromatic N) is 3. The highest BCUT2D eigenvalue weighted by atomic mass is 16.6. The van der Waals surface area contributed by atoms with Gasteiger partial charge in [0.2, 0.25) is 0 Å². The maximum Gasteiger partial charge on any atom is 0.407 e. The number of fused-ring (bicyclic) bond motifs is 3. The number of carbonyl (C=O) groups excluding carboxylic acids is 1. The number of para-hydroxylation sites is 1. The van der Waals surface area contributed by atoms with Crippen LogP contribution in [0.1, 0.15) is 57.5 Å². The van der Waals surface area contributed by atoms with Gasteiger partial charge in [0.25, 0.3) is 0 Å². The van der Waals surface area contributed by atoms with Gasteiger partial charge in [-0.15, -0.1) is 0 Å². The zero-order valence-corrected chi connectivity index (χ0v) is 20.4. The number of nitrogen functional groups attached to an aromatic ring is 1. The highest BCUT2D eigenvalue weighted by molar-refractivity contribution is 6.06. The van der Waals surface area contributed by atoms with Crippen LogP contribution in [-0.2, 0) is 24.2 Å². The van der Waals surface area contributed by atoms with Crippen LogP contribution in [0.2, 0.25) is 0 Å². The summed E-state index contributed by atoms with van der Waals surface area (Å²) in [4.78, 5) is 21.5. The molecule has 7 nitrogen and oxygen atoms in total. The Bertz CT molecular complexity index is 1320. The van der Waals surface area contributed by atoms with Crippen LogP contribution in [0, 0.1) is 0 Å². The number of hydrogen-bond donors (Lipinski definition) is 2. The lowest BCUT2D eigenvalue weighted by Gasteiger charge is -2.19. The number of pyridine rings is 1. The monoisotopic (exact) mass is 459 g/mol. The number of rotatable bonds is 7. The van der Waals surface area contributed by atoms with Gasteiger partial charge in [0.1, 0.15) is 16.9 Å². The summed E-state index contributed by atoms with van der Waals surface area (Å²) in [6, 6.07) is 16.3. The number of alkyl carbamates (subject to hydrolysis) is 1. The average molecular weight is 460 g/mol. The van der Waals surface area contributed by atoms with Gasteiger partial charge in [0, 0.05) is 24.9 Å². The zero-order valence-electron chi connectivity index (χ0n) is 20.4. The summed E-state index contributed by atoms with van der Waals surface area (Å²) in [6.45, 7) is 8.79. The minimum atomic E-state index is -0.525. The third-order valence-corrected chi connectivity index (χ3v) is 5.61. The first-order valence-corrected chi connectivity index (χ1v) is 11.8. The van der Waals surface area contributed by atoms with Crippen molar-refractivity contribution in [1.29, 1.82) is 0 Å². The number of aromatic nitrogens is 3. The summed E-state index contributed by atoms with van der Waals surface area (Å²) in [5, 5.41) is 3.88. The number of anilines is 1. The number of nitrogens with two attached hydrogens (primary N) is 1. The Balaban J connectivity index is 1.67. The van der Waals surface area contributed by atoms with Crippen LogP contribution >= 0.6 is 0 Å². The normalized spacial score (nSPS) is 11.8. The second kappa shape index (κ2) is 9.71. The number of hydrogen-bond acceptors (Lipinski definition) is 5. The van der Waals surface area contributed by atoms with Gasteiger partial charge in [0.15, 0.2) is 5.82 Å². The van der Waals surface area contributed by atoms with E-state index in [9.17, 15) is 4.79 Å². The lowest BCUT2D eigenvalue weighted by molar-refractivity contribution is 0.0523. The van der Waals surface area contributed by atoms with Crippen molar-refractivity contribution in [2.45, 2.75) is 65.6 Å². The van der Waals surface area contributed by atoms with Crippen molar-refractivity contribution < 1.29 is 9.53 Å². The summed E-state index contributed by atoms with van der Waals surface area (Å²) in [6.07, 6.45) is 2.59. The molecule has 0 unspecified atom stereocenters. The SMILES string of the molecule is CCCCc1nc2c(N)nc3ccccc3c2n1Cc1cccc(CNC(=O)OC(C)(C)C)c1. The van der Waals surface area contributed by atoms with Gasteiger partial charge in [-0.25, -0.2) is 14.8 Å². The molecule has 2 aromatic carbocycles. The number of amides is 1. The first-order chi connectivity index (χ1) is 16.2. The molecule has 0 radical (unpaired) electrons. The number of unbranched alkanes of at least 4 members (excludes halogenated alkanes) is 1. The van der Waals surface area contributed by atoms with Gasteiger partial charge >= 0.3 is 6.09 Å². The minimum Gasteiger partial charge on any atom is -0.444 e. The quantitative estimate of drug-likeness (QED) is 0.376. The second-order valence-corrected chi connectivity index (χ2v) is 9.60. The molecule has 0 aliphatic heterocycles. The first-order valence-electron chi connectivity index (χ1n) is 11.8. The minimum absolute atomic E-state index is 0.399. The third-order valence-electron chi connectivity index (χ3n) is 5.61. The number of imidazole rings is 1. The van der Waals surface area contributed by atoms with E-state index in [0.29, 0.717) is 18.9 Å². The molecular weight excluding hydrogens is 426 g/mol. The van der Waals surface area contributed by atoms with Crippen LogP contribution in [0.15, 0.2) is 48.5 Å². The molecule has 0 saturated heterocycles. The molecule has 34 heavy (non-hydrogen) atoms. The lowest BCUT2D eigenvalue weighted by Crippen LogP contribution is -2.32. The number of aryl methyl sites for hydroxylation is 1. The largest absolute Gasteiger partial charge is 0.444 e. The molecule has 3 N–H and O–H groups in total. The van der Waals surface area contributed by atoms with Crippen molar-refractivity contribution in [2.75, 3.05) is 5.73 Å². The molecule has 2 aromatic heterocycles. The van der Waals surface area contributed by atoms with Gasteiger partial charge in [-0.3, -0.25) is 0 Å². The smallest absolute Gasteiger partial charge is 0.407 e. The summed E-state index contributed by atoms with van der Waals surface area (Å²) in [5.41, 5.74) is 10.6. The van der Waals surface area contributed by atoms with Gasteiger partial charge in [-0.05, 0) is 44.4 Å². The Hall–Kier alpha value is -3.61. The van der Waals surface area contributed by atoms with Crippen molar-refractivity contribution in [1.82, 2.24) is 19.9 Å². The first kappa shape index (κ1) is 23.5. The molecule has 7 heteroatoms. The fourth-order valence-corrected chi connectivity index (χ4v) is 4.11. The van der Waals surface area contributed by atoms with Crippen molar-refractivity contribution in [3.63, 3.8) is 0 Å². The molecule has 0 atom stereocenters. The standard InChI is InChI=1S/C27H33N5O2/c1-5-6-14-22-31-23-24(20-12-7-8-13-21(20)30-25(23)28)32(22)17-19-11-9-10-18(15-19)16-29-26(33)34-27(2,3)4/h7-13,15H,5-6,14,16-17H2,1-4H3,(H2,28,30)(H,29,33). The summed E-state index contributed by atoms with van der Waals surface area (Å²) < 4.78 is 7.62. The number of benzene rings is 2. The third kappa shape index (κ3) is 5.30. The molecular formula is C27H33N5O2. The highest BCUT2D eigenvalue weighted by Crippen LogP contribution is 2.30. The predicted molar refractivity (Wildman–Crippen MR) is 137 cm³/mol. The van der Waals surface area contributed by atoms with E-state index in [1.807, 2.05) is 51.1 Å². The molecule has 0 aliphatic rings. The predicted octanol–water partition coefficient (Wildman–Crippen LogP) is 5.58. The van der Waals surface area contributed by atoms with Crippen LogP contribution < -0.4 is 11.1 Å². The van der Waals surface area contributed by atoms with E-state index < -0.39 is 11.7 Å². The number of ether oxygens (including phenoxy) is 1. The van der Waals surface area contributed by atoms with Crippen molar-refractivity contribution in [3.05, 3.63) is 65.5 Å². The lowest BCUT2D eigenvalue weighted by atomic mass is 10.1. The van der Waals surface area contributed by atoms with E-state index in [1.54, 1.807) is 0 Å². The Labute approximate surface area is 200 Å². The van der Waals surface area contributed by atoms with Gasteiger partial charge < -0.3 is 20.4 Å². The van der Waals surface area contributed by atoms with Crippen LogP contribution in [-0.4, -0.2) is 26.2 Å². The average Bonchev–Trinajstić information content (AvgIpc) is 3.14. The fraction of sp³-hybridized carbons (Fsp3) is 0.370. The molecule has 4 rings (SSSR count). The van der Waals surface area contributed by atoms with E-state index in [-0.39, 0.29) is 0 Å². The van der Waals surface area contributed by atoms with Crippen LogP contribution in [0.3, 0.4) is 0 Å². The highest BCUT2D eigenvalue weighted by Gasteiger charge is 2.18. The van der Waals surface area contributed by atoms with Crippen molar-refractivity contribution in [3.8, 4) is 0 Å². The summed E-state index contributed by atoms with van der Waals surface area (Å²) in [5.74, 6) is 1.47. The van der Waals surface area contributed by atoms with Gasteiger partial charge in [0.05, 0.1) is 11.0 Å². The molecule has 1 amide bonds. The van der Waals surface area contributed by atoms with E-state index >= 15 is 0 Å². The number of nitrogens with one attached hydrogen (secondary N) is 1. The number of carbonyl (C=O) groups is 1. The van der Waals surface area contributed by atoms with Crippen LogP contribution in [0.25, 0.3) is 21.9 Å². The Kier molecular flexibility index (Phi) is 6.72. The van der Waals surface area contributed by atoms with Crippen molar-refractivity contribution in [2.24, 2.45) is 0 Å². The van der Waals surface area contributed by atoms with Crippen molar-refractivity contribution >= 4 is 33.8 Å². The van der Waals surface area contributed by atoms with E-state index in [1.165, 1.54) is 0 Å². The zero-order chi connectivity index (χ0) is 24.3. The van der Waals surface area contributed by atoms with E-state index in [4.69, 9.17) is 15.5 Å². The van der Waals surface area contributed by atoms with Crippen LogP contribution in [0.4, 0.5) is 10.6 Å². The maximum atomic E-state index is 12.1. The fourth-order valence-electron chi connectivity index (χ4n) is 4.11. The molecule has 0 bridgehead atoms. The Morgan fingerprint density at radius 3 is 2.62 bits per heavy atom. The van der Waals surface area contributed by atoms with Gasteiger partial charge in [-0.2, -0.15) is 0 Å². The molecule has 2 heterocycles. The molecule has 4 aromatic rings. The summed E-state index contributed by atoms with van der Waals surface area (Å²) >= 11 is 0. The van der Waals surface area contributed by atoms with E-state index in [2.05, 4.69) is 40.0 Å². The van der Waals surface area contributed by atoms with Gasteiger partial charge in [-0.1, -0.05) is 55.8 Å². The Morgan fingerprint density at radius 2 is 1.85 bits per heavy atom. The summed E-state index contributed by atoms with van der Waals surface area (Å²) in [7, 11) is 0. The molecule has 178 valence electrons. The molecule has 0 aliphatic carbocycles. The second-order valence-electron chi connectivity index (χ2n) is 9.60.